The van der Waals surface area contributed by atoms with E-state index in [-0.39, 0.29) is 114 Å². The molecule has 0 unspecified atom stereocenters. The molecule has 0 aromatic heterocycles. The number of nitrogens with one attached hydrogen (secondary N) is 9. The summed E-state index contributed by atoms with van der Waals surface area (Å²) in [5.41, 5.74) is 20.5. The number of ether oxygens (including phenoxy) is 9. The molecule has 0 aromatic rings. The molecule has 0 bridgehead atoms. The monoisotopic (exact) mass is 1330 g/mol. The predicted molar refractivity (Wildman–Crippen MR) is 340 cm³/mol. The number of aliphatic imine (C=N–C) groups is 3. The molecule has 0 aromatic carbocycles. The quantitative estimate of drug-likeness (QED) is 0.00782. The Morgan fingerprint density at radius 2 is 0.967 bits per heavy atom. The third-order valence-corrected chi connectivity index (χ3v) is 8.77. The highest BCUT2D eigenvalue weighted by Crippen LogP contribution is 2.07. The van der Waals surface area contributed by atoms with Crippen LogP contribution in [0, 0.1) is 22.3 Å². The Balaban J connectivity index is -0.000000266. The summed E-state index contributed by atoms with van der Waals surface area (Å²) < 4.78 is 43.1. The van der Waals surface area contributed by atoms with Gasteiger partial charge in [0.05, 0.1) is 46.1 Å². The number of hydrogen-bond donors (Lipinski definition) is 15. The van der Waals surface area contributed by atoms with Gasteiger partial charge in [0.15, 0.2) is 11.9 Å². The second kappa shape index (κ2) is 68.2. The van der Waals surface area contributed by atoms with Gasteiger partial charge in [-0.3, -0.25) is 24.7 Å². The highest BCUT2D eigenvalue weighted by Gasteiger charge is 2.17. The zero-order valence-electron chi connectivity index (χ0n) is 55.3. The maximum atomic E-state index is 11.6. The van der Waals surface area contributed by atoms with Crippen LogP contribution in [0.3, 0.4) is 0 Å². The molecule has 37 heteroatoms. The van der Waals surface area contributed by atoms with Crippen LogP contribution >= 0.6 is 0 Å². The fraction of sp³-hybridized carbons (Fsp3) is 0.745. The normalized spacial score (nSPS) is 10.3. The second-order valence-corrected chi connectivity index (χ2v) is 19.7. The summed E-state index contributed by atoms with van der Waals surface area (Å²) in [7, 11) is 3.27. The SMILES string of the molecule is CC(C)(C)OC(=O)NCCO.CCCOC(=O)CCCNC(=O)OCCN.CCCOC(=O)NCCCC(=O)OCCNC(=O)OC(C)(C)C.CN=C(N)NC(N)=NCC(=N)CC(=N)CCCOC(=O)NCCCC(=O)OCCNC.N#COCN=C=O.NCCO. The Hall–Kier alpha value is -8.69. The minimum atomic E-state index is -0.574. The van der Waals surface area contributed by atoms with Crippen LogP contribution in [0.5, 0.6) is 0 Å². The standard InChI is InChI=1S/C18H35N9O4.C15H28N2O6.C10H20N2O4.C7H15NO3.C3H2N2O2.C2H7NO/c1-23-8-10-30-15(28)6-3-7-25-18(29)31-9-4-5-13(19)11-14(20)12-26-17(22)27-16(21)24-2;1-5-10-22-13(19)16-8-6-7-12(18)21-11-9-17-14(20)23-15(2,3)4;1-2-7-15-9(13)4-3-6-12-10(14)16-8-5-11;1-7(2,3)11-6(10)8-4-5-9;4-1-7-3-5-2-6;3-1-2-4/h19-20,23H,3-12H2,1-2H3,(H,25,29)(H5,21,22,24,26,27);5-11H2,1-4H3,(H,16,19)(H,17,20);2-8,11H2,1H3,(H,12,14);9H,4-5H2,1-3H3,(H,8,10);3H2;4H,1-3H2. The molecule has 0 aliphatic heterocycles. The minimum Gasteiger partial charge on any atom is -0.466 e. The van der Waals surface area contributed by atoms with Gasteiger partial charge in [-0.1, -0.05) is 13.8 Å². The minimum absolute atomic E-state index is 0.0418. The van der Waals surface area contributed by atoms with Gasteiger partial charge in [0.25, 0.3) is 6.26 Å². The zero-order valence-corrected chi connectivity index (χ0v) is 55.3. The van der Waals surface area contributed by atoms with Crippen molar-refractivity contribution in [2.24, 2.45) is 37.9 Å². The Kier molecular flexibility index (Phi) is 70.0. The number of rotatable bonds is 37. The molecule has 0 atom stereocenters. The number of nitrogens with two attached hydrogens (primary N) is 4. The van der Waals surface area contributed by atoms with Gasteiger partial charge < -0.3 is 118 Å². The molecule has 0 saturated carbocycles. The molecule has 0 fully saturated rings. The van der Waals surface area contributed by atoms with E-state index in [1.54, 1.807) is 48.6 Å². The Morgan fingerprint density at radius 1 is 0.543 bits per heavy atom. The number of hydrogen-bond acceptors (Lipinski definition) is 29. The molecule has 0 saturated heterocycles. The van der Waals surface area contributed by atoms with Crippen LogP contribution in [0.25, 0.3) is 0 Å². The molecule has 0 radical (unpaired) electrons. The molecular weight excluding hydrogens is 1220 g/mol. The number of likely N-dealkylation sites (N-methyl/N-ethyl adjacent to an activating group) is 1. The van der Waals surface area contributed by atoms with Gasteiger partial charge in [-0.15, -0.1) is 0 Å². The van der Waals surface area contributed by atoms with E-state index >= 15 is 0 Å². The van der Waals surface area contributed by atoms with Gasteiger partial charge in [-0.25, -0.2) is 33.8 Å². The van der Waals surface area contributed by atoms with Crippen LogP contribution in [0.15, 0.2) is 15.0 Å². The van der Waals surface area contributed by atoms with E-state index in [1.807, 2.05) is 13.8 Å². The lowest BCUT2D eigenvalue weighted by molar-refractivity contribution is -0.144. The van der Waals surface area contributed by atoms with Crippen molar-refractivity contribution >= 4 is 77.8 Å². The molecule has 5 amide bonds. The van der Waals surface area contributed by atoms with Crippen molar-refractivity contribution in [2.75, 3.05) is 133 Å². The number of guanidine groups is 2. The van der Waals surface area contributed by atoms with E-state index < -0.39 is 41.7 Å². The second-order valence-electron chi connectivity index (χ2n) is 19.7. The van der Waals surface area contributed by atoms with Crippen molar-refractivity contribution in [2.45, 2.75) is 137 Å². The third kappa shape index (κ3) is 87.7. The molecule has 92 heavy (non-hydrogen) atoms. The Morgan fingerprint density at radius 3 is 1.37 bits per heavy atom. The number of nitriles is 1. The van der Waals surface area contributed by atoms with Crippen LogP contribution in [0.2, 0.25) is 0 Å². The smallest absolute Gasteiger partial charge is 0.407 e. The molecule has 19 N–H and O–H groups in total. The maximum Gasteiger partial charge on any atom is 0.407 e. The average Bonchev–Trinajstić information content (AvgIpc) is 3.25. The highest BCUT2D eigenvalue weighted by atomic mass is 16.6. The first kappa shape index (κ1) is 94.4. The molecule has 0 aliphatic rings. The predicted octanol–water partition coefficient (Wildman–Crippen LogP) is 0.908. The van der Waals surface area contributed by atoms with Crippen LogP contribution in [0.4, 0.5) is 24.0 Å². The number of amides is 5. The zero-order chi connectivity index (χ0) is 71.3. The number of aliphatic hydroxyl groups excluding tert-OH is 2. The van der Waals surface area contributed by atoms with Crippen molar-refractivity contribution in [1.82, 2.24) is 37.2 Å². The summed E-state index contributed by atoms with van der Waals surface area (Å²) in [6, 6.07) is 0. The van der Waals surface area contributed by atoms with Gasteiger partial charge in [0, 0.05) is 90.0 Å². The molecule has 0 rings (SSSR count). The van der Waals surface area contributed by atoms with Gasteiger partial charge in [-0.2, -0.15) is 10.3 Å². The Labute approximate surface area is 539 Å². The third-order valence-electron chi connectivity index (χ3n) is 8.77. The van der Waals surface area contributed by atoms with E-state index in [1.165, 1.54) is 19.4 Å². The molecule has 0 aliphatic carbocycles. The van der Waals surface area contributed by atoms with Gasteiger partial charge >= 0.3 is 48.4 Å². The number of nitrogens with zero attached hydrogens (tertiary/aromatic N) is 4. The summed E-state index contributed by atoms with van der Waals surface area (Å²) in [4.78, 5) is 109. The lowest BCUT2D eigenvalue weighted by Gasteiger charge is -2.19. The first-order valence-corrected chi connectivity index (χ1v) is 29.4. The van der Waals surface area contributed by atoms with Gasteiger partial charge in [-0.05, 0) is 93.5 Å². The van der Waals surface area contributed by atoms with Crippen LogP contribution in [0.1, 0.15) is 126 Å². The maximum absolute atomic E-state index is 11.6. The molecular formula is C55H107N17O20. The molecule has 0 spiro atoms. The summed E-state index contributed by atoms with van der Waals surface area (Å²) in [6.45, 7) is 18.6. The van der Waals surface area contributed by atoms with Crippen LogP contribution < -0.4 is 60.2 Å². The number of aliphatic hydroxyl groups is 2. The molecule has 0 heterocycles. The first-order valence-electron chi connectivity index (χ1n) is 29.4. The largest absolute Gasteiger partial charge is 0.466 e. The molecule has 37 nitrogen and oxygen atoms in total. The lowest BCUT2D eigenvalue weighted by Crippen LogP contribution is -2.41. The summed E-state index contributed by atoms with van der Waals surface area (Å²) in [5.74, 6) is -0.770. The van der Waals surface area contributed by atoms with Crippen molar-refractivity contribution in [1.29, 1.82) is 16.1 Å². The first-order chi connectivity index (χ1) is 43.5. The summed E-state index contributed by atoms with van der Waals surface area (Å²) in [6.07, 6.45) is 4.67. The van der Waals surface area contributed by atoms with Crippen LogP contribution in [-0.2, 0) is 61.8 Å². The topological polar surface area (TPSA) is 574 Å². The summed E-state index contributed by atoms with van der Waals surface area (Å²) in [5, 5.41) is 57.3. The Bertz CT molecular complexity index is 2130. The number of isocyanates is 1. The average molecular weight is 1330 g/mol. The number of esters is 3. The number of carbonyl (C=O) groups is 8. The highest BCUT2D eigenvalue weighted by molar-refractivity contribution is 6.04. The van der Waals surface area contributed by atoms with E-state index in [2.05, 4.69) is 61.7 Å². The van der Waals surface area contributed by atoms with Crippen LogP contribution in [-0.4, -0.2) is 232 Å². The lowest BCUT2D eigenvalue weighted by atomic mass is 10.1. The number of carbonyl (C=O) groups excluding carboxylic acids is 9. The van der Waals surface area contributed by atoms with E-state index in [0.717, 1.165) is 12.8 Å². The van der Waals surface area contributed by atoms with Crippen molar-refractivity contribution in [3.05, 3.63) is 0 Å². The fourth-order valence-corrected chi connectivity index (χ4v) is 4.92. The number of alkyl carbamates (subject to hydrolysis) is 5. The molecule has 532 valence electrons. The van der Waals surface area contributed by atoms with Crippen molar-refractivity contribution < 1.29 is 96.0 Å². The van der Waals surface area contributed by atoms with E-state index in [4.69, 9.17) is 82.4 Å². The van der Waals surface area contributed by atoms with E-state index in [9.17, 15) is 43.2 Å². The van der Waals surface area contributed by atoms with Gasteiger partial charge in [0.1, 0.15) is 31.0 Å². The van der Waals surface area contributed by atoms with E-state index in [0.29, 0.717) is 103 Å². The van der Waals surface area contributed by atoms with Crippen molar-refractivity contribution in [3.8, 4) is 6.26 Å². The fourth-order valence-electron chi connectivity index (χ4n) is 4.92. The van der Waals surface area contributed by atoms with Gasteiger partial charge in [0.2, 0.25) is 12.8 Å². The summed E-state index contributed by atoms with van der Waals surface area (Å²) >= 11 is 0. The van der Waals surface area contributed by atoms with Crippen molar-refractivity contribution in [3.63, 3.8) is 0 Å².